The molecule has 3 heterocycles. The highest BCUT2D eigenvalue weighted by molar-refractivity contribution is 8.27. The fraction of sp³-hybridized carbons (Fsp3) is 0.0714. The number of hydrazone groups is 1. The van der Waals surface area contributed by atoms with Crippen molar-refractivity contribution >= 4 is 50.6 Å². The van der Waals surface area contributed by atoms with Crippen LogP contribution in [0.1, 0.15) is 22.5 Å². The van der Waals surface area contributed by atoms with Gasteiger partial charge in [-0.05, 0) is 79.0 Å². The molecule has 0 unspecified atom stereocenters. The molecule has 1 N–H and O–H groups in total. The molecule has 6 rings (SSSR count). The number of nitrogens with zero attached hydrogens (tertiary/aromatic N) is 4. The molecule has 0 atom stereocenters. The number of nitrogens with one attached hydrogen (secondary N) is 1. The maximum absolute atomic E-state index is 13.3. The molecule has 2 aliphatic heterocycles. The molecule has 4 aromatic rings. The molecule has 0 radical (unpaired) electrons. The van der Waals surface area contributed by atoms with Gasteiger partial charge < -0.3 is 4.57 Å². The smallest absolute Gasteiger partial charge is 0.283 e. The van der Waals surface area contributed by atoms with E-state index in [-0.39, 0.29) is 17.2 Å². The second-order valence-corrected chi connectivity index (χ2v) is 9.55. The van der Waals surface area contributed by atoms with Crippen molar-refractivity contribution in [1.82, 2.24) is 9.58 Å². The van der Waals surface area contributed by atoms with E-state index in [1.54, 1.807) is 18.2 Å². The fourth-order valence-electron chi connectivity index (χ4n) is 4.56. The number of hydrogen-bond donors (Lipinski definition) is 1. The Morgan fingerprint density at radius 2 is 1.75 bits per heavy atom. The molecule has 1 aromatic heterocycles. The lowest BCUT2D eigenvalue weighted by molar-refractivity contribution is -0.114. The lowest BCUT2D eigenvalue weighted by Gasteiger charge is -2.20. The van der Waals surface area contributed by atoms with Crippen LogP contribution in [0, 0.1) is 25.1 Å². The first-order chi connectivity index (χ1) is 17.4. The summed E-state index contributed by atoms with van der Waals surface area (Å²) in [6.07, 6.45) is 1.71. The number of amides is 1. The first-order valence-electron chi connectivity index (χ1n) is 11.3. The molecular formula is C28H20FN5OS. The minimum Gasteiger partial charge on any atom is -0.317 e. The summed E-state index contributed by atoms with van der Waals surface area (Å²) in [5.41, 5.74) is 4.73. The van der Waals surface area contributed by atoms with Gasteiger partial charge in [0, 0.05) is 22.3 Å². The number of rotatable bonds is 3. The summed E-state index contributed by atoms with van der Waals surface area (Å²) in [4.78, 5) is 17.1. The van der Waals surface area contributed by atoms with Crippen LogP contribution in [0.5, 0.6) is 0 Å². The Balaban J connectivity index is 1.39. The Bertz CT molecular complexity index is 1670. The summed E-state index contributed by atoms with van der Waals surface area (Å²) >= 11 is 1.19. The van der Waals surface area contributed by atoms with Crippen LogP contribution in [0.3, 0.4) is 0 Å². The number of aromatic nitrogens is 1. The Hall–Kier alpha value is -4.30. The van der Waals surface area contributed by atoms with E-state index in [4.69, 9.17) is 5.41 Å². The average Bonchev–Trinajstić information content (AvgIpc) is 3.42. The zero-order valence-electron chi connectivity index (χ0n) is 19.5. The third kappa shape index (κ3) is 3.58. The number of fused-ring (bicyclic) bond motifs is 2. The molecule has 0 saturated carbocycles. The van der Waals surface area contributed by atoms with Crippen molar-refractivity contribution in [3.8, 4) is 5.69 Å². The van der Waals surface area contributed by atoms with Crippen molar-refractivity contribution in [2.45, 2.75) is 13.8 Å². The van der Waals surface area contributed by atoms with E-state index < -0.39 is 5.91 Å². The average molecular weight is 494 g/mol. The summed E-state index contributed by atoms with van der Waals surface area (Å²) in [5.74, 6) is -0.861. The van der Waals surface area contributed by atoms with Crippen molar-refractivity contribution < 1.29 is 9.18 Å². The summed E-state index contributed by atoms with van der Waals surface area (Å²) in [6.45, 7) is 4.03. The predicted octanol–water partition coefficient (Wildman–Crippen LogP) is 6.05. The number of amidine groups is 2. The van der Waals surface area contributed by atoms with Crippen LogP contribution in [-0.2, 0) is 4.79 Å². The van der Waals surface area contributed by atoms with Crippen LogP contribution in [0.2, 0.25) is 0 Å². The molecular weight excluding hydrogens is 473 g/mol. The molecule has 6 nitrogen and oxygen atoms in total. The standard InChI is InChI=1S/C28H20FN5OS/c1-16-14-20(17(2)33(16)24-9-5-7-18-6-3-4-8-22(18)24)15-23-25(30)34-28(31-26(23)35)36-27(32-34)19-10-12-21(29)13-11-19/h3-15,30H,1-2H3/b23-15-,30-25?. The predicted molar refractivity (Wildman–Crippen MR) is 143 cm³/mol. The van der Waals surface area contributed by atoms with Crippen LogP contribution >= 0.6 is 11.8 Å². The van der Waals surface area contributed by atoms with E-state index in [1.165, 1.54) is 28.9 Å². The highest BCUT2D eigenvalue weighted by atomic mass is 32.2. The normalized spacial score (nSPS) is 16.5. The van der Waals surface area contributed by atoms with Gasteiger partial charge in [-0.2, -0.15) is 15.1 Å². The molecule has 8 heteroatoms. The van der Waals surface area contributed by atoms with Crippen molar-refractivity contribution in [3.05, 3.63) is 107 Å². The minimum absolute atomic E-state index is 0.0374. The summed E-state index contributed by atoms with van der Waals surface area (Å²) in [5, 5.41) is 17.7. The number of aryl methyl sites for hydroxylation is 1. The first kappa shape index (κ1) is 22.2. The Morgan fingerprint density at radius 3 is 2.56 bits per heavy atom. The lowest BCUT2D eigenvalue weighted by Crippen LogP contribution is -2.35. The summed E-state index contributed by atoms with van der Waals surface area (Å²) in [7, 11) is 0. The van der Waals surface area contributed by atoms with E-state index in [1.807, 2.05) is 38.1 Å². The van der Waals surface area contributed by atoms with E-state index >= 15 is 0 Å². The van der Waals surface area contributed by atoms with Gasteiger partial charge in [0.2, 0.25) is 5.17 Å². The van der Waals surface area contributed by atoms with Crippen molar-refractivity contribution in [3.63, 3.8) is 0 Å². The van der Waals surface area contributed by atoms with E-state index in [0.717, 1.165) is 33.4 Å². The molecule has 0 aliphatic carbocycles. The number of benzene rings is 3. The van der Waals surface area contributed by atoms with Gasteiger partial charge in [0.15, 0.2) is 5.84 Å². The molecule has 0 bridgehead atoms. The topological polar surface area (TPSA) is 73.8 Å². The molecule has 0 saturated heterocycles. The first-order valence-corrected chi connectivity index (χ1v) is 12.2. The highest BCUT2D eigenvalue weighted by Gasteiger charge is 2.36. The highest BCUT2D eigenvalue weighted by Crippen LogP contribution is 2.33. The quantitative estimate of drug-likeness (QED) is 0.353. The van der Waals surface area contributed by atoms with Crippen LogP contribution < -0.4 is 0 Å². The number of hydrogen-bond acceptors (Lipinski definition) is 4. The van der Waals surface area contributed by atoms with Gasteiger partial charge in [-0.15, -0.1) is 0 Å². The zero-order chi connectivity index (χ0) is 25.0. The number of halogens is 1. The monoisotopic (exact) mass is 493 g/mol. The van der Waals surface area contributed by atoms with Gasteiger partial charge in [-0.3, -0.25) is 10.2 Å². The Kier molecular flexibility index (Phi) is 5.19. The number of carbonyl (C=O) groups excluding carboxylic acids is 1. The molecule has 3 aromatic carbocycles. The van der Waals surface area contributed by atoms with Gasteiger partial charge >= 0.3 is 0 Å². The zero-order valence-corrected chi connectivity index (χ0v) is 20.3. The van der Waals surface area contributed by atoms with Gasteiger partial charge in [0.25, 0.3) is 5.91 Å². The number of aliphatic imine (C=N–C) groups is 1. The van der Waals surface area contributed by atoms with E-state index in [0.29, 0.717) is 15.8 Å². The Morgan fingerprint density at radius 1 is 1.00 bits per heavy atom. The maximum atomic E-state index is 13.3. The minimum atomic E-state index is -0.482. The molecule has 2 aliphatic rings. The second-order valence-electron chi connectivity index (χ2n) is 8.59. The van der Waals surface area contributed by atoms with Gasteiger partial charge in [0.1, 0.15) is 10.9 Å². The second kappa shape index (κ2) is 8.42. The summed E-state index contributed by atoms with van der Waals surface area (Å²) < 4.78 is 15.5. The van der Waals surface area contributed by atoms with Crippen LogP contribution in [0.15, 0.2) is 88.5 Å². The molecule has 176 valence electrons. The van der Waals surface area contributed by atoms with Gasteiger partial charge in [-0.1, -0.05) is 36.4 Å². The van der Waals surface area contributed by atoms with Crippen LogP contribution in [0.25, 0.3) is 22.5 Å². The van der Waals surface area contributed by atoms with Gasteiger partial charge in [0.05, 0.1) is 11.3 Å². The Labute approximate surface area is 211 Å². The van der Waals surface area contributed by atoms with Crippen LogP contribution in [0.4, 0.5) is 4.39 Å². The third-order valence-electron chi connectivity index (χ3n) is 6.32. The largest absolute Gasteiger partial charge is 0.317 e. The SMILES string of the molecule is Cc1cc(/C=C2/C(=N)N3N=C(c4ccc(F)cc4)SC3=NC2=O)c(C)n1-c1cccc2ccccc12. The van der Waals surface area contributed by atoms with Crippen molar-refractivity contribution in [1.29, 1.82) is 5.41 Å². The van der Waals surface area contributed by atoms with E-state index in [2.05, 4.69) is 38.9 Å². The van der Waals surface area contributed by atoms with Crippen LogP contribution in [-0.4, -0.2) is 31.5 Å². The maximum Gasteiger partial charge on any atom is 0.283 e. The molecule has 36 heavy (non-hydrogen) atoms. The lowest BCUT2D eigenvalue weighted by atomic mass is 10.1. The third-order valence-corrected chi connectivity index (χ3v) is 7.28. The number of carbonyl (C=O) groups is 1. The summed E-state index contributed by atoms with van der Waals surface area (Å²) in [6, 6.07) is 22.4. The van der Waals surface area contributed by atoms with E-state index in [9.17, 15) is 9.18 Å². The van der Waals surface area contributed by atoms with Crippen molar-refractivity contribution in [2.75, 3.05) is 0 Å². The van der Waals surface area contributed by atoms with Gasteiger partial charge in [-0.25, -0.2) is 4.39 Å². The molecule has 0 spiro atoms. The fourth-order valence-corrected chi connectivity index (χ4v) is 5.46. The molecule has 1 amide bonds. The number of thioether (sulfide) groups is 1. The van der Waals surface area contributed by atoms with Crippen molar-refractivity contribution in [2.24, 2.45) is 10.1 Å². The molecule has 0 fully saturated rings.